The number of furan rings is 1. The van der Waals surface area contributed by atoms with E-state index in [0.29, 0.717) is 0 Å². The van der Waals surface area contributed by atoms with Crippen LogP contribution in [0.15, 0.2) is 180 Å². The van der Waals surface area contributed by atoms with E-state index in [0.717, 1.165) is 39.0 Å². The molecule has 0 amide bonds. The van der Waals surface area contributed by atoms with E-state index in [2.05, 4.69) is 169 Å². The second kappa shape index (κ2) is 11.2. The van der Waals surface area contributed by atoms with Crippen molar-refractivity contribution in [3.05, 3.63) is 176 Å². The summed E-state index contributed by atoms with van der Waals surface area (Å²) in [6, 6.07) is 63.2. The summed E-state index contributed by atoms with van der Waals surface area (Å²) in [5, 5.41) is 7.44. The van der Waals surface area contributed by atoms with Gasteiger partial charge >= 0.3 is 0 Å². The zero-order chi connectivity index (χ0) is 32.3. The highest BCUT2D eigenvalue weighted by atomic mass is 32.1. The molecule has 49 heavy (non-hydrogen) atoms. The lowest BCUT2D eigenvalue weighted by molar-refractivity contribution is 0.669. The molecule has 8 aromatic carbocycles. The van der Waals surface area contributed by atoms with E-state index in [1.54, 1.807) is 0 Å². The number of benzene rings is 8. The van der Waals surface area contributed by atoms with E-state index in [1.807, 2.05) is 23.5 Å². The normalized spacial score (nSPS) is 11.7. The topological polar surface area (TPSA) is 16.4 Å². The Morgan fingerprint density at radius 1 is 0.388 bits per heavy atom. The van der Waals surface area contributed by atoms with Crippen LogP contribution in [0.5, 0.6) is 0 Å². The fourth-order valence-electron chi connectivity index (χ4n) is 7.26. The smallest absolute Gasteiger partial charge is 0.137 e. The van der Waals surface area contributed by atoms with Crippen LogP contribution in [-0.2, 0) is 0 Å². The van der Waals surface area contributed by atoms with Crippen LogP contribution in [0.2, 0.25) is 0 Å². The lowest BCUT2D eigenvalue weighted by Gasteiger charge is -2.28. The second-order valence-electron chi connectivity index (χ2n) is 12.6. The SMILES string of the molecule is c1ccc(-c2ccccc2N(c2ccc(-c3ccc4cc5sc6ccccc6c5cc4c3)cc2)c2ccc3c(c2)oc2ccccc23)cc1. The Labute approximate surface area is 287 Å². The van der Waals surface area contributed by atoms with Crippen molar-refractivity contribution in [2.75, 3.05) is 4.90 Å². The first-order valence-corrected chi connectivity index (χ1v) is 17.4. The molecule has 10 rings (SSSR count). The highest BCUT2D eigenvalue weighted by molar-refractivity contribution is 7.25. The van der Waals surface area contributed by atoms with E-state index in [-0.39, 0.29) is 0 Å². The standard InChI is InChI=1S/C46H29NOS/c1-2-10-31(11-3-1)37-12-4-7-15-42(37)47(36-24-25-39-38-13-5-8-16-43(38)48-44(39)29-36)35-22-20-30(21-23-35)32-18-19-33-28-46-41(27-34(33)26-32)40-14-6-9-17-45(40)49-46/h1-29H. The van der Waals surface area contributed by atoms with Gasteiger partial charge in [-0.3, -0.25) is 0 Å². The summed E-state index contributed by atoms with van der Waals surface area (Å²) < 4.78 is 9.03. The maximum absolute atomic E-state index is 6.36. The molecule has 2 heterocycles. The molecule has 0 atom stereocenters. The average Bonchev–Trinajstić information content (AvgIpc) is 3.72. The van der Waals surface area contributed by atoms with Gasteiger partial charge in [0.05, 0.1) is 5.69 Å². The minimum absolute atomic E-state index is 0.876. The number of thiophene rings is 1. The fourth-order valence-corrected chi connectivity index (χ4v) is 8.40. The zero-order valence-corrected chi connectivity index (χ0v) is 27.3. The van der Waals surface area contributed by atoms with Crippen molar-refractivity contribution in [1.82, 2.24) is 0 Å². The van der Waals surface area contributed by atoms with Crippen molar-refractivity contribution in [1.29, 1.82) is 0 Å². The molecule has 230 valence electrons. The van der Waals surface area contributed by atoms with Gasteiger partial charge in [0, 0.05) is 53.9 Å². The molecule has 0 fully saturated rings. The van der Waals surface area contributed by atoms with Crippen LogP contribution in [0.25, 0.3) is 75.1 Å². The molecule has 0 radical (unpaired) electrons. The Hall–Kier alpha value is -6.16. The van der Waals surface area contributed by atoms with Crippen molar-refractivity contribution >= 4 is 81.3 Å². The van der Waals surface area contributed by atoms with Crippen molar-refractivity contribution in [2.45, 2.75) is 0 Å². The summed E-state index contributed by atoms with van der Waals surface area (Å²) in [6.45, 7) is 0. The third-order valence-electron chi connectivity index (χ3n) is 9.64. The van der Waals surface area contributed by atoms with Crippen LogP contribution in [0.4, 0.5) is 17.1 Å². The van der Waals surface area contributed by atoms with E-state index < -0.39 is 0 Å². The molecule has 3 heteroatoms. The minimum atomic E-state index is 0.876. The van der Waals surface area contributed by atoms with Gasteiger partial charge in [0.25, 0.3) is 0 Å². The summed E-state index contributed by atoms with van der Waals surface area (Å²) in [5.41, 5.74) is 9.74. The number of para-hydroxylation sites is 2. The molecule has 0 spiro atoms. The van der Waals surface area contributed by atoms with Crippen LogP contribution in [0.1, 0.15) is 0 Å². The molecular formula is C46H29NOS. The quantitative estimate of drug-likeness (QED) is 0.186. The summed E-state index contributed by atoms with van der Waals surface area (Å²) in [6.07, 6.45) is 0. The Balaban J connectivity index is 1.10. The van der Waals surface area contributed by atoms with Crippen LogP contribution >= 0.6 is 11.3 Å². The highest BCUT2D eigenvalue weighted by Crippen LogP contribution is 2.43. The molecule has 10 aromatic rings. The van der Waals surface area contributed by atoms with Gasteiger partial charge in [0.2, 0.25) is 0 Å². The van der Waals surface area contributed by atoms with Gasteiger partial charge in [0.15, 0.2) is 0 Å². The largest absolute Gasteiger partial charge is 0.456 e. The number of hydrogen-bond donors (Lipinski definition) is 0. The molecule has 0 aliphatic carbocycles. The number of hydrogen-bond acceptors (Lipinski definition) is 3. The van der Waals surface area contributed by atoms with E-state index in [1.165, 1.54) is 53.2 Å². The second-order valence-corrected chi connectivity index (χ2v) is 13.6. The van der Waals surface area contributed by atoms with Gasteiger partial charge in [-0.2, -0.15) is 0 Å². The van der Waals surface area contributed by atoms with Crippen molar-refractivity contribution in [3.8, 4) is 22.3 Å². The lowest BCUT2D eigenvalue weighted by Crippen LogP contribution is -2.11. The maximum atomic E-state index is 6.36. The van der Waals surface area contributed by atoms with Crippen molar-refractivity contribution < 1.29 is 4.42 Å². The van der Waals surface area contributed by atoms with Crippen molar-refractivity contribution in [3.63, 3.8) is 0 Å². The molecule has 2 nitrogen and oxygen atoms in total. The molecule has 0 saturated heterocycles. The number of nitrogens with zero attached hydrogens (tertiary/aromatic N) is 1. The molecule has 0 bridgehead atoms. The van der Waals surface area contributed by atoms with Crippen LogP contribution < -0.4 is 4.90 Å². The summed E-state index contributed by atoms with van der Waals surface area (Å²) >= 11 is 1.87. The van der Waals surface area contributed by atoms with E-state index in [9.17, 15) is 0 Å². The molecule has 0 aliphatic heterocycles. The molecule has 0 saturated carbocycles. The number of anilines is 3. The first kappa shape index (κ1) is 27.9. The average molecular weight is 644 g/mol. The first-order valence-electron chi connectivity index (χ1n) is 16.6. The third kappa shape index (κ3) is 4.70. The van der Waals surface area contributed by atoms with Crippen LogP contribution in [-0.4, -0.2) is 0 Å². The van der Waals surface area contributed by atoms with E-state index >= 15 is 0 Å². The van der Waals surface area contributed by atoms with Crippen LogP contribution in [0, 0.1) is 0 Å². The molecular weight excluding hydrogens is 615 g/mol. The highest BCUT2D eigenvalue weighted by Gasteiger charge is 2.19. The van der Waals surface area contributed by atoms with Gasteiger partial charge in [-0.25, -0.2) is 0 Å². The van der Waals surface area contributed by atoms with E-state index in [4.69, 9.17) is 4.42 Å². The molecule has 2 aromatic heterocycles. The predicted octanol–water partition coefficient (Wildman–Crippen LogP) is 13.9. The lowest BCUT2D eigenvalue weighted by atomic mass is 9.99. The van der Waals surface area contributed by atoms with Gasteiger partial charge in [-0.1, -0.05) is 109 Å². The Kier molecular flexibility index (Phi) is 6.39. The number of rotatable bonds is 5. The zero-order valence-electron chi connectivity index (χ0n) is 26.5. The van der Waals surface area contributed by atoms with Gasteiger partial charge < -0.3 is 9.32 Å². The Morgan fingerprint density at radius 3 is 2.00 bits per heavy atom. The van der Waals surface area contributed by atoms with Gasteiger partial charge in [0.1, 0.15) is 11.2 Å². The first-order chi connectivity index (χ1) is 24.3. The minimum Gasteiger partial charge on any atom is -0.456 e. The third-order valence-corrected chi connectivity index (χ3v) is 10.8. The van der Waals surface area contributed by atoms with Gasteiger partial charge in [-0.05, 0) is 88.1 Å². The summed E-state index contributed by atoms with van der Waals surface area (Å²) in [5.74, 6) is 0. The Bertz CT molecular complexity index is 2830. The number of fused-ring (bicyclic) bond motifs is 7. The summed E-state index contributed by atoms with van der Waals surface area (Å²) in [7, 11) is 0. The van der Waals surface area contributed by atoms with Gasteiger partial charge in [-0.15, -0.1) is 11.3 Å². The molecule has 0 aliphatic rings. The predicted molar refractivity (Wildman–Crippen MR) is 210 cm³/mol. The molecule has 0 unspecified atom stereocenters. The summed E-state index contributed by atoms with van der Waals surface area (Å²) in [4.78, 5) is 2.34. The molecule has 0 N–H and O–H groups in total. The Morgan fingerprint density at radius 2 is 1.10 bits per heavy atom. The fraction of sp³-hybridized carbons (Fsp3) is 0. The monoisotopic (exact) mass is 643 g/mol. The van der Waals surface area contributed by atoms with Crippen LogP contribution in [0.3, 0.4) is 0 Å². The maximum Gasteiger partial charge on any atom is 0.137 e. The van der Waals surface area contributed by atoms with Crippen molar-refractivity contribution in [2.24, 2.45) is 0 Å².